The van der Waals surface area contributed by atoms with E-state index in [1.165, 1.54) is 0 Å². The van der Waals surface area contributed by atoms with Gasteiger partial charge < -0.3 is 16.0 Å². The number of aromatic nitrogens is 4. The van der Waals surface area contributed by atoms with Crippen LogP contribution in [0.25, 0.3) is 11.2 Å². The Kier molecular flexibility index (Phi) is 2.86. The average molecular weight is 222 g/mol. The van der Waals surface area contributed by atoms with Gasteiger partial charge in [-0.2, -0.15) is 4.98 Å². The highest BCUT2D eigenvalue weighted by Crippen LogP contribution is 2.07. The number of anilines is 1. The smallest absolute Gasteiger partial charge is 0.280 e. The molecule has 0 spiro atoms. The van der Waals surface area contributed by atoms with Crippen molar-refractivity contribution in [2.24, 2.45) is 5.73 Å². The van der Waals surface area contributed by atoms with E-state index < -0.39 is 0 Å². The largest absolute Gasteiger partial charge is 0.369 e. The number of rotatable bonds is 4. The van der Waals surface area contributed by atoms with Crippen LogP contribution >= 0.6 is 0 Å². The van der Waals surface area contributed by atoms with Crippen molar-refractivity contribution in [3.05, 3.63) is 16.7 Å². The lowest BCUT2D eigenvalue weighted by Crippen LogP contribution is -2.12. The maximum Gasteiger partial charge on any atom is 0.280 e. The van der Waals surface area contributed by atoms with Crippen LogP contribution in [-0.2, 0) is 6.54 Å². The molecule has 0 bridgehead atoms. The summed E-state index contributed by atoms with van der Waals surface area (Å²) in [6, 6.07) is 0. The summed E-state index contributed by atoms with van der Waals surface area (Å²) in [4.78, 5) is 22.0. The number of unbranched alkanes of at least 4 members (excludes halogenated alkanes) is 1. The summed E-state index contributed by atoms with van der Waals surface area (Å²) in [5, 5.41) is 0. The number of imidazole rings is 1. The van der Waals surface area contributed by atoms with Crippen LogP contribution in [0.5, 0.6) is 0 Å². The number of aryl methyl sites for hydroxylation is 1. The fourth-order valence-corrected chi connectivity index (χ4v) is 1.56. The molecule has 0 unspecified atom stereocenters. The van der Waals surface area contributed by atoms with Crippen LogP contribution in [0.2, 0.25) is 0 Å². The zero-order valence-corrected chi connectivity index (χ0v) is 8.81. The minimum absolute atomic E-state index is 0.109. The number of hydrogen-bond donors (Lipinski definition) is 3. The van der Waals surface area contributed by atoms with Crippen LogP contribution in [0.15, 0.2) is 11.1 Å². The Balaban J connectivity index is 2.36. The Morgan fingerprint density at radius 3 is 3.00 bits per heavy atom. The van der Waals surface area contributed by atoms with Crippen molar-refractivity contribution in [1.82, 2.24) is 19.5 Å². The van der Waals surface area contributed by atoms with E-state index in [1.807, 2.05) is 4.57 Å². The molecule has 0 aliphatic carbocycles. The number of nitrogen functional groups attached to an aromatic ring is 1. The molecule has 0 aromatic carbocycles. The van der Waals surface area contributed by atoms with Crippen molar-refractivity contribution in [2.45, 2.75) is 19.4 Å². The summed E-state index contributed by atoms with van der Waals surface area (Å²) in [6.45, 7) is 1.40. The first-order valence-electron chi connectivity index (χ1n) is 5.13. The van der Waals surface area contributed by atoms with Gasteiger partial charge in [0.1, 0.15) is 0 Å². The van der Waals surface area contributed by atoms with Crippen LogP contribution in [0.3, 0.4) is 0 Å². The Morgan fingerprint density at radius 1 is 1.44 bits per heavy atom. The van der Waals surface area contributed by atoms with Gasteiger partial charge in [-0.15, -0.1) is 0 Å². The van der Waals surface area contributed by atoms with Gasteiger partial charge in [0.05, 0.1) is 6.33 Å². The second kappa shape index (κ2) is 4.31. The van der Waals surface area contributed by atoms with Crippen molar-refractivity contribution < 1.29 is 0 Å². The molecule has 0 fully saturated rings. The molecule has 16 heavy (non-hydrogen) atoms. The lowest BCUT2D eigenvalue weighted by atomic mass is 10.3. The van der Waals surface area contributed by atoms with Crippen LogP contribution in [0.4, 0.5) is 5.95 Å². The number of nitrogens with zero attached hydrogens (tertiary/aromatic N) is 3. The Bertz CT molecular complexity index is 542. The Hall–Kier alpha value is -1.89. The van der Waals surface area contributed by atoms with Gasteiger partial charge in [-0.3, -0.25) is 9.78 Å². The summed E-state index contributed by atoms with van der Waals surface area (Å²) in [5.41, 5.74) is 11.4. The molecule has 0 radical (unpaired) electrons. The SMILES string of the molecule is NCCCCn1cnc2c(=O)[nH]c(N)nc21. The molecule has 0 saturated carbocycles. The standard InChI is InChI=1S/C9H14N6O/c10-3-1-2-4-15-5-12-6-7(15)13-9(11)14-8(6)16/h5H,1-4,10H2,(H3,11,13,14,16). The predicted octanol–water partition coefficient (Wildman–Crippen LogP) is -0.559. The van der Waals surface area contributed by atoms with E-state index in [-0.39, 0.29) is 11.5 Å². The second-order valence-corrected chi connectivity index (χ2v) is 3.56. The lowest BCUT2D eigenvalue weighted by Gasteiger charge is -2.02. The van der Waals surface area contributed by atoms with Crippen molar-refractivity contribution in [1.29, 1.82) is 0 Å². The zero-order chi connectivity index (χ0) is 11.5. The molecule has 7 nitrogen and oxygen atoms in total. The van der Waals surface area contributed by atoms with Gasteiger partial charge in [-0.1, -0.05) is 0 Å². The average Bonchev–Trinajstić information content (AvgIpc) is 2.62. The molecule has 0 aliphatic heterocycles. The van der Waals surface area contributed by atoms with Gasteiger partial charge in [-0.25, -0.2) is 4.98 Å². The van der Waals surface area contributed by atoms with E-state index in [9.17, 15) is 4.79 Å². The summed E-state index contributed by atoms with van der Waals surface area (Å²) in [6.07, 6.45) is 3.46. The zero-order valence-electron chi connectivity index (χ0n) is 8.81. The molecular weight excluding hydrogens is 208 g/mol. The van der Waals surface area contributed by atoms with Gasteiger partial charge in [-0.05, 0) is 19.4 Å². The van der Waals surface area contributed by atoms with E-state index in [2.05, 4.69) is 15.0 Å². The molecule has 2 aromatic heterocycles. The highest BCUT2D eigenvalue weighted by Gasteiger charge is 2.08. The molecule has 0 saturated heterocycles. The van der Waals surface area contributed by atoms with E-state index in [0.29, 0.717) is 17.7 Å². The minimum atomic E-state index is -0.305. The van der Waals surface area contributed by atoms with Crippen molar-refractivity contribution in [3.8, 4) is 0 Å². The molecule has 86 valence electrons. The summed E-state index contributed by atoms with van der Waals surface area (Å²) in [5.74, 6) is 0.109. The van der Waals surface area contributed by atoms with Crippen molar-refractivity contribution in [3.63, 3.8) is 0 Å². The van der Waals surface area contributed by atoms with E-state index in [1.54, 1.807) is 6.33 Å². The summed E-state index contributed by atoms with van der Waals surface area (Å²) in [7, 11) is 0. The Labute approximate surface area is 91.5 Å². The van der Waals surface area contributed by atoms with Crippen LogP contribution in [0, 0.1) is 0 Å². The summed E-state index contributed by atoms with van der Waals surface area (Å²) < 4.78 is 1.82. The molecule has 5 N–H and O–H groups in total. The normalized spacial score (nSPS) is 11.1. The maximum absolute atomic E-state index is 11.5. The Morgan fingerprint density at radius 2 is 2.25 bits per heavy atom. The molecule has 2 rings (SSSR count). The minimum Gasteiger partial charge on any atom is -0.369 e. The van der Waals surface area contributed by atoms with Gasteiger partial charge in [0, 0.05) is 6.54 Å². The van der Waals surface area contributed by atoms with Crippen molar-refractivity contribution >= 4 is 17.1 Å². The lowest BCUT2D eigenvalue weighted by molar-refractivity contribution is 0.623. The number of nitrogens with two attached hydrogens (primary N) is 2. The van der Waals surface area contributed by atoms with Crippen molar-refractivity contribution in [2.75, 3.05) is 12.3 Å². The first-order valence-corrected chi connectivity index (χ1v) is 5.13. The third kappa shape index (κ3) is 1.89. The molecular formula is C9H14N6O. The topological polar surface area (TPSA) is 116 Å². The van der Waals surface area contributed by atoms with Gasteiger partial charge in [0.25, 0.3) is 5.56 Å². The molecule has 0 aliphatic rings. The maximum atomic E-state index is 11.5. The molecule has 2 heterocycles. The predicted molar refractivity (Wildman–Crippen MR) is 60.8 cm³/mol. The van der Waals surface area contributed by atoms with E-state index in [4.69, 9.17) is 11.5 Å². The first kappa shape index (κ1) is 10.6. The quantitative estimate of drug-likeness (QED) is 0.600. The third-order valence-electron chi connectivity index (χ3n) is 2.35. The van der Waals surface area contributed by atoms with Gasteiger partial charge in [0.2, 0.25) is 5.95 Å². The van der Waals surface area contributed by atoms with E-state index in [0.717, 1.165) is 19.4 Å². The third-order valence-corrected chi connectivity index (χ3v) is 2.35. The highest BCUT2D eigenvalue weighted by molar-refractivity contribution is 5.70. The van der Waals surface area contributed by atoms with Gasteiger partial charge in [0.15, 0.2) is 11.2 Å². The molecule has 0 amide bonds. The van der Waals surface area contributed by atoms with Crippen LogP contribution in [0.1, 0.15) is 12.8 Å². The number of H-pyrrole nitrogens is 1. The van der Waals surface area contributed by atoms with Crippen LogP contribution < -0.4 is 17.0 Å². The fourth-order valence-electron chi connectivity index (χ4n) is 1.56. The van der Waals surface area contributed by atoms with E-state index >= 15 is 0 Å². The molecule has 2 aromatic rings. The molecule has 0 atom stereocenters. The number of fused-ring (bicyclic) bond motifs is 1. The number of hydrogen-bond acceptors (Lipinski definition) is 5. The first-order chi connectivity index (χ1) is 7.72. The van der Waals surface area contributed by atoms with Gasteiger partial charge >= 0.3 is 0 Å². The fraction of sp³-hybridized carbons (Fsp3) is 0.444. The molecule has 7 heteroatoms. The monoisotopic (exact) mass is 222 g/mol. The number of aromatic amines is 1. The number of nitrogens with one attached hydrogen (secondary N) is 1. The summed E-state index contributed by atoms with van der Waals surface area (Å²) >= 11 is 0. The second-order valence-electron chi connectivity index (χ2n) is 3.56. The van der Waals surface area contributed by atoms with Crippen LogP contribution in [-0.4, -0.2) is 26.1 Å². The highest BCUT2D eigenvalue weighted by atomic mass is 16.1.